The summed E-state index contributed by atoms with van der Waals surface area (Å²) in [4.78, 5) is 17.9. The number of isocyanates is 1. The zero-order chi connectivity index (χ0) is 16.8. The summed E-state index contributed by atoms with van der Waals surface area (Å²) in [5, 5.41) is 0. The minimum atomic E-state index is -0.317. The van der Waals surface area contributed by atoms with Gasteiger partial charge in [-0.25, -0.2) is 19.2 Å². The predicted molar refractivity (Wildman–Crippen MR) is 86.8 cm³/mol. The van der Waals surface area contributed by atoms with Crippen molar-refractivity contribution in [1.82, 2.24) is 4.98 Å². The van der Waals surface area contributed by atoms with Crippen molar-refractivity contribution in [3.63, 3.8) is 0 Å². The fourth-order valence-electron chi connectivity index (χ4n) is 2.31. The van der Waals surface area contributed by atoms with E-state index in [0.29, 0.717) is 22.6 Å². The highest BCUT2D eigenvalue weighted by atomic mass is 19.1. The minimum Gasteiger partial charge on any atom is -0.475 e. The number of halogens is 1. The van der Waals surface area contributed by atoms with Gasteiger partial charge in [-0.15, -0.1) is 0 Å². The summed E-state index contributed by atoms with van der Waals surface area (Å²) >= 11 is 0. The molecule has 0 spiro atoms. The quantitative estimate of drug-likeness (QED) is 0.595. The standard InChI is InChI=1S/C18H19FN2O2/c1-12(2)23-17-9-14(7-8-21-17)16-6-4-5-15(18(16)19)13(3)10-20-11-22/h4-9,12-13H,10H2,1-3H3. The molecule has 1 atom stereocenters. The molecule has 0 N–H and O–H groups in total. The molecule has 0 fully saturated rings. The molecule has 5 heteroatoms. The number of aromatic nitrogens is 1. The van der Waals surface area contributed by atoms with Crippen molar-refractivity contribution in [3.05, 3.63) is 47.9 Å². The van der Waals surface area contributed by atoms with Crippen LogP contribution in [-0.4, -0.2) is 23.7 Å². The molecule has 1 heterocycles. The second kappa shape index (κ2) is 7.65. The summed E-state index contributed by atoms with van der Waals surface area (Å²) in [6.07, 6.45) is 3.08. The molecule has 0 aliphatic rings. The summed E-state index contributed by atoms with van der Waals surface area (Å²) in [6.45, 7) is 5.85. The van der Waals surface area contributed by atoms with Crippen molar-refractivity contribution < 1.29 is 13.9 Å². The molecule has 0 radical (unpaired) electrons. The number of carbonyl (C=O) groups excluding carboxylic acids is 1. The van der Waals surface area contributed by atoms with E-state index in [2.05, 4.69) is 9.98 Å². The summed E-state index contributed by atoms with van der Waals surface area (Å²) in [5.74, 6) is -0.0617. The molecule has 120 valence electrons. The van der Waals surface area contributed by atoms with E-state index in [1.807, 2.05) is 20.8 Å². The third-order valence-electron chi connectivity index (χ3n) is 3.39. The lowest BCUT2D eigenvalue weighted by Gasteiger charge is -2.14. The maximum atomic E-state index is 14.8. The fraction of sp³-hybridized carbons (Fsp3) is 0.333. The number of benzene rings is 1. The number of hydrogen-bond acceptors (Lipinski definition) is 4. The van der Waals surface area contributed by atoms with E-state index in [-0.39, 0.29) is 24.4 Å². The number of pyridine rings is 1. The summed E-state index contributed by atoms with van der Waals surface area (Å²) in [5.41, 5.74) is 1.69. The Labute approximate surface area is 135 Å². The van der Waals surface area contributed by atoms with E-state index in [0.717, 1.165) is 0 Å². The highest BCUT2D eigenvalue weighted by Crippen LogP contribution is 2.30. The monoisotopic (exact) mass is 314 g/mol. The highest BCUT2D eigenvalue weighted by molar-refractivity contribution is 5.66. The van der Waals surface area contributed by atoms with Crippen LogP contribution in [0.25, 0.3) is 11.1 Å². The van der Waals surface area contributed by atoms with Crippen LogP contribution < -0.4 is 4.74 Å². The van der Waals surface area contributed by atoms with Gasteiger partial charge in [0, 0.05) is 23.7 Å². The molecule has 0 bridgehead atoms. The lowest BCUT2D eigenvalue weighted by atomic mass is 9.95. The maximum Gasteiger partial charge on any atom is 0.234 e. The van der Waals surface area contributed by atoms with E-state index in [4.69, 9.17) is 4.74 Å². The SMILES string of the molecule is CC(C)Oc1cc(-c2cccc(C(C)CN=C=O)c2F)ccn1. The Kier molecular flexibility index (Phi) is 5.61. The lowest BCUT2D eigenvalue weighted by Crippen LogP contribution is -2.07. The number of rotatable bonds is 6. The lowest BCUT2D eigenvalue weighted by molar-refractivity contribution is 0.233. The molecule has 1 aromatic heterocycles. The van der Waals surface area contributed by atoms with Crippen molar-refractivity contribution in [1.29, 1.82) is 0 Å². The topological polar surface area (TPSA) is 51.5 Å². The van der Waals surface area contributed by atoms with Gasteiger partial charge in [-0.1, -0.05) is 25.1 Å². The van der Waals surface area contributed by atoms with Crippen molar-refractivity contribution in [2.24, 2.45) is 4.99 Å². The van der Waals surface area contributed by atoms with Gasteiger partial charge in [0.1, 0.15) is 5.82 Å². The van der Waals surface area contributed by atoms with E-state index < -0.39 is 0 Å². The number of nitrogens with zero attached hydrogens (tertiary/aromatic N) is 2. The summed E-state index contributed by atoms with van der Waals surface area (Å²) < 4.78 is 20.4. The number of aliphatic imine (C=N–C) groups is 1. The van der Waals surface area contributed by atoms with Crippen LogP contribution in [0.15, 0.2) is 41.5 Å². The molecule has 0 saturated heterocycles. The molecule has 0 aliphatic carbocycles. The van der Waals surface area contributed by atoms with Crippen LogP contribution in [0.2, 0.25) is 0 Å². The average molecular weight is 314 g/mol. The second-order valence-electron chi connectivity index (χ2n) is 5.59. The fourth-order valence-corrected chi connectivity index (χ4v) is 2.31. The van der Waals surface area contributed by atoms with Gasteiger partial charge in [-0.05, 0) is 31.0 Å². The molecular formula is C18H19FN2O2. The Morgan fingerprint density at radius 1 is 1.30 bits per heavy atom. The largest absolute Gasteiger partial charge is 0.475 e. The van der Waals surface area contributed by atoms with Gasteiger partial charge in [0.15, 0.2) is 0 Å². The first-order valence-electron chi connectivity index (χ1n) is 7.48. The van der Waals surface area contributed by atoms with Crippen LogP contribution in [0, 0.1) is 5.82 Å². The van der Waals surface area contributed by atoms with Crippen LogP contribution in [-0.2, 0) is 4.79 Å². The Morgan fingerprint density at radius 3 is 2.78 bits per heavy atom. The first-order chi connectivity index (χ1) is 11.0. The molecule has 2 aromatic rings. The van der Waals surface area contributed by atoms with Crippen LogP contribution in [0.1, 0.15) is 32.3 Å². The Bertz CT molecular complexity index is 725. The zero-order valence-electron chi connectivity index (χ0n) is 13.4. The van der Waals surface area contributed by atoms with Crippen molar-refractivity contribution in [2.45, 2.75) is 32.8 Å². The van der Waals surface area contributed by atoms with Crippen LogP contribution >= 0.6 is 0 Å². The molecule has 4 nitrogen and oxygen atoms in total. The molecular weight excluding hydrogens is 295 g/mol. The summed E-state index contributed by atoms with van der Waals surface area (Å²) in [7, 11) is 0. The third-order valence-corrected chi connectivity index (χ3v) is 3.39. The van der Waals surface area contributed by atoms with Gasteiger partial charge < -0.3 is 4.74 Å². The van der Waals surface area contributed by atoms with Gasteiger partial charge in [0.2, 0.25) is 12.0 Å². The van der Waals surface area contributed by atoms with Crippen LogP contribution in [0.3, 0.4) is 0 Å². The first kappa shape index (κ1) is 16.8. The predicted octanol–water partition coefficient (Wildman–Crippen LogP) is 4.11. The van der Waals surface area contributed by atoms with Crippen molar-refractivity contribution in [2.75, 3.05) is 6.54 Å². The van der Waals surface area contributed by atoms with Gasteiger partial charge in [-0.2, -0.15) is 0 Å². The molecule has 0 aliphatic heterocycles. The maximum absolute atomic E-state index is 14.8. The molecule has 1 aromatic carbocycles. The van der Waals surface area contributed by atoms with Gasteiger partial charge in [-0.3, -0.25) is 0 Å². The number of hydrogen-bond donors (Lipinski definition) is 0. The molecule has 23 heavy (non-hydrogen) atoms. The van der Waals surface area contributed by atoms with Crippen LogP contribution in [0.4, 0.5) is 4.39 Å². The Balaban J connectivity index is 2.38. The zero-order valence-corrected chi connectivity index (χ0v) is 13.4. The summed E-state index contributed by atoms with van der Waals surface area (Å²) in [6, 6.07) is 8.66. The number of ether oxygens (including phenoxy) is 1. The highest BCUT2D eigenvalue weighted by Gasteiger charge is 2.15. The molecule has 2 rings (SSSR count). The Morgan fingerprint density at radius 2 is 2.09 bits per heavy atom. The molecule has 0 saturated carbocycles. The van der Waals surface area contributed by atoms with Crippen molar-refractivity contribution in [3.8, 4) is 17.0 Å². The van der Waals surface area contributed by atoms with E-state index in [1.165, 1.54) is 6.08 Å². The van der Waals surface area contributed by atoms with Gasteiger partial charge in [0.05, 0.1) is 12.6 Å². The van der Waals surface area contributed by atoms with Gasteiger partial charge in [0.25, 0.3) is 0 Å². The second-order valence-corrected chi connectivity index (χ2v) is 5.59. The van der Waals surface area contributed by atoms with Gasteiger partial charge >= 0.3 is 0 Å². The van der Waals surface area contributed by atoms with Crippen LogP contribution in [0.5, 0.6) is 5.88 Å². The smallest absolute Gasteiger partial charge is 0.234 e. The van der Waals surface area contributed by atoms with E-state index in [9.17, 15) is 9.18 Å². The Hall–Kier alpha value is -2.52. The third kappa shape index (κ3) is 4.24. The molecule has 1 unspecified atom stereocenters. The average Bonchev–Trinajstić information content (AvgIpc) is 2.52. The van der Waals surface area contributed by atoms with E-state index in [1.54, 1.807) is 36.5 Å². The van der Waals surface area contributed by atoms with Crippen molar-refractivity contribution >= 4 is 6.08 Å². The minimum absolute atomic E-state index is 0.00448. The first-order valence-corrected chi connectivity index (χ1v) is 7.48. The van der Waals surface area contributed by atoms with E-state index >= 15 is 0 Å². The normalized spacial score (nSPS) is 11.9. The molecule has 0 amide bonds.